The van der Waals surface area contributed by atoms with Crippen LogP contribution in [0.2, 0.25) is 0 Å². The minimum atomic E-state index is 0.261. The van der Waals surface area contributed by atoms with Gasteiger partial charge in [0.15, 0.2) is 0 Å². The van der Waals surface area contributed by atoms with E-state index in [0.717, 1.165) is 49.2 Å². The van der Waals surface area contributed by atoms with Crippen LogP contribution in [-0.4, -0.2) is 32.9 Å². The quantitative estimate of drug-likeness (QED) is 0.841. The van der Waals surface area contributed by atoms with Crippen molar-refractivity contribution in [1.29, 1.82) is 0 Å². The summed E-state index contributed by atoms with van der Waals surface area (Å²) in [6.07, 6.45) is 3.23. The molecule has 3 nitrogen and oxygen atoms in total. The molecule has 1 aliphatic heterocycles. The highest BCUT2D eigenvalue weighted by molar-refractivity contribution is 9.10. The number of hydrogen-bond acceptors (Lipinski definition) is 3. The zero-order valence-electron chi connectivity index (χ0n) is 13.2. The van der Waals surface area contributed by atoms with Crippen molar-refractivity contribution < 1.29 is 9.47 Å². The van der Waals surface area contributed by atoms with E-state index in [4.69, 9.17) is 9.47 Å². The molecule has 1 aromatic rings. The summed E-state index contributed by atoms with van der Waals surface area (Å²) in [5.74, 6) is 0.980. The van der Waals surface area contributed by atoms with Gasteiger partial charge in [-0.2, -0.15) is 0 Å². The van der Waals surface area contributed by atoms with Crippen molar-refractivity contribution >= 4 is 15.9 Å². The van der Waals surface area contributed by atoms with Crippen molar-refractivity contribution in [3.8, 4) is 5.75 Å². The average Bonchev–Trinajstić information content (AvgIpc) is 2.46. The monoisotopic (exact) mass is 355 g/mol. The number of hydrogen-bond donors (Lipinski definition) is 1. The number of benzene rings is 1. The summed E-state index contributed by atoms with van der Waals surface area (Å²) in [6, 6.07) is 6.77. The van der Waals surface area contributed by atoms with E-state index in [1.54, 1.807) is 7.11 Å². The van der Waals surface area contributed by atoms with Gasteiger partial charge in [0.2, 0.25) is 0 Å². The normalized spacial score (nSPS) is 18.0. The largest absolute Gasteiger partial charge is 0.496 e. The first-order chi connectivity index (χ1) is 10.0. The molecular formula is C17H26BrNO2. The van der Waals surface area contributed by atoms with Crippen LogP contribution in [0.15, 0.2) is 22.7 Å². The Morgan fingerprint density at radius 1 is 1.33 bits per heavy atom. The molecule has 0 atom stereocenters. The average molecular weight is 356 g/mol. The lowest BCUT2D eigenvalue weighted by Crippen LogP contribution is -2.43. The van der Waals surface area contributed by atoms with Crippen molar-refractivity contribution in [2.75, 3.05) is 26.9 Å². The van der Waals surface area contributed by atoms with Crippen molar-refractivity contribution in [1.82, 2.24) is 5.32 Å². The van der Waals surface area contributed by atoms with Crippen LogP contribution in [-0.2, 0) is 11.2 Å². The Kier molecular flexibility index (Phi) is 6.08. The number of rotatable bonds is 6. The first kappa shape index (κ1) is 16.8. The standard InChI is InChI=1S/C17H26BrNO2/c1-13(2)19-12-17(6-8-21-9-7-17)11-14-10-15(18)4-5-16(14)20-3/h4-5,10,13,19H,6-9,11-12H2,1-3H3. The molecule has 0 amide bonds. The van der Waals surface area contributed by atoms with E-state index in [1.807, 2.05) is 12.1 Å². The maximum Gasteiger partial charge on any atom is 0.122 e. The summed E-state index contributed by atoms with van der Waals surface area (Å²) in [5, 5.41) is 3.62. The molecule has 1 aliphatic rings. The van der Waals surface area contributed by atoms with Crippen LogP contribution in [0, 0.1) is 5.41 Å². The van der Waals surface area contributed by atoms with Crippen LogP contribution >= 0.6 is 15.9 Å². The molecular weight excluding hydrogens is 330 g/mol. The topological polar surface area (TPSA) is 30.5 Å². The van der Waals surface area contributed by atoms with E-state index in [2.05, 4.69) is 41.2 Å². The second-order valence-electron chi connectivity index (χ2n) is 6.28. The molecule has 1 N–H and O–H groups in total. The van der Waals surface area contributed by atoms with E-state index in [1.165, 1.54) is 5.56 Å². The molecule has 1 aromatic carbocycles. The SMILES string of the molecule is COc1ccc(Br)cc1CC1(CNC(C)C)CCOCC1. The molecule has 1 fully saturated rings. The highest BCUT2D eigenvalue weighted by atomic mass is 79.9. The fraction of sp³-hybridized carbons (Fsp3) is 0.647. The van der Waals surface area contributed by atoms with Gasteiger partial charge in [0, 0.05) is 30.3 Å². The zero-order chi connectivity index (χ0) is 15.3. The Bertz CT molecular complexity index is 456. The van der Waals surface area contributed by atoms with E-state index < -0.39 is 0 Å². The summed E-state index contributed by atoms with van der Waals surface area (Å²) in [6.45, 7) is 7.15. The van der Waals surface area contributed by atoms with Gasteiger partial charge >= 0.3 is 0 Å². The zero-order valence-corrected chi connectivity index (χ0v) is 14.8. The smallest absolute Gasteiger partial charge is 0.122 e. The van der Waals surface area contributed by atoms with Gasteiger partial charge in [-0.15, -0.1) is 0 Å². The number of methoxy groups -OCH3 is 1. The summed E-state index contributed by atoms with van der Waals surface area (Å²) in [4.78, 5) is 0. The van der Waals surface area contributed by atoms with E-state index >= 15 is 0 Å². The third-order valence-corrected chi connectivity index (χ3v) is 4.74. The third-order valence-electron chi connectivity index (χ3n) is 4.25. The highest BCUT2D eigenvalue weighted by Crippen LogP contribution is 2.37. The first-order valence-electron chi connectivity index (χ1n) is 7.68. The Hall–Kier alpha value is -0.580. The van der Waals surface area contributed by atoms with Crippen LogP contribution in [0.1, 0.15) is 32.3 Å². The molecule has 21 heavy (non-hydrogen) atoms. The molecule has 118 valence electrons. The lowest BCUT2D eigenvalue weighted by molar-refractivity contribution is 0.0138. The van der Waals surface area contributed by atoms with Gasteiger partial charge in [-0.25, -0.2) is 0 Å². The molecule has 0 unspecified atom stereocenters. The summed E-state index contributed by atoms with van der Waals surface area (Å²) in [5.41, 5.74) is 1.54. The molecule has 0 aliphatic carbocycles. The second kappa shape index (κ2) is 7.61. The van der Waals surface area contributed by atoms with E-state index in [9.17, 15) is 0 Å². The predicted octanol–water partition coefficient (Wildman–Crippen LogP) is 3.80. The molecule has 0 spiro atoms. The predicted molar refractivity (Wildman–Crippen MR) is 90.0 cm³/mol. The minimum absolute atomic E-state index is 0.261. The van der Waals surface area contributed by atoms with Gasteiger partial charge in [-0.1, -0.05) is 29.8 Å². The van der Waals surface area contributed by atoms with E-state index in [-0.39, 0.29) is 5.41 Å². The third kappa shape index (κ3) is 4.70. The lowest BCUT2D eigenvalue weighted by Gasteiger charge is -2.38. The Morgan fingerprint density at radius 3 is 2.67 bits per heavy atom. The number of ether oxygens (including phenoxy) is 2. The van der Waals surface area contributed by atoms with Crippen molar-refractivity contribution in [2.24, 2.45) is 5.41 Å². The highest BCUT2D eigenvalue weighted by Gasteiger charge is 2.33. The molecule has 0 bridgehead atoms. The maximum absolute atomic E-state index is 5.58. The molecule has 1 heterocycles. The summed E-state index contributed by atoms with van der Waals surface area (Å²) in [7, 11) is 1.75. The number of nitrogens with one attached hydrogen (secondary N) is 1. The maximum atomic E-state index is 5.58. The van der Waals surface area contributed by atoms with Crippen molar-refractivity contribution in [2.45, 2.75) is 39.2 Å². The molecule has 4 heteroatoms. The van der Waals surface area contributed by atoms with E-state index in [0.29, 0.717) is 6.04 Å². The van der Waals surface area contributed by atoms with Gasteiger partial charge in [0.25, 0.3) is 0 Å². The fourth-order valence-corrected chi connectivity index (χ4v) is 3.34. The molecule has 0 radical (unpaired) electrons. The first-order valence-corrected chi connectivity index (χ1v) is 8.47. The second-order valence-corrected chi connectivity index (χ2v) is 7.20. The van der Waals surface area contributed by atoms with Gasteiger partial charge in [0.1, 0.15) is 5.75 Å². The molecule has 2 rings (SSSR count). The van der Waals surface area contributed by atoms with Crippen LogP contribution < -0.4 is 10.1 Å². The molecule has 0 aromatic heterocycles. The molecule has 0 saturated carbocycles. The van der Waals surface area contributed by atoms with Gasteiger partial charge in [-0.05, 0) is 48.4 Å². The Balaban J connectivity index is 2.19. The van der Waals surface area contributed by atoms with Crippen LogP contribution in [0.4, 0.5) is 0 Å². The summed E-state index contributed by atoms with van der Waals surface area (Å²) >= 11 is 3.57. The van der Waals surface area contributed by atoms with Crippen molar-refractivity contribution in [3.63, 3.8) is 0 Å². The Labute approximate surface area is 136 Å². The van der Waals surface area contributed by atoms with Gasteiger partial charge in [0.05, 0.1) is 7.11 Å². The van der Waals surface area contributed by atoms with Crippen LogP contribution in [0.3, 0.4) is 0 Å². The van der Waals surface area contributed by atoms with Crippen LogP contribution in [0.5, 0.6) is 5.75 Å². The molecule has 1 saturated heterocycles. The van der Waals surface area contributed by atoms with Crippen molar-refractivity contribution in [3.05, 3.63) is 28.2 Å². The fourth-order valence-electron chi connectivity index (χ4n) is 2.93. The lowest BCUT2D eigenvalue weighted by atomic mass is 9.75. The number of halogens is 1. The van der Waals surface area contributed by atoms with Crippen LogP contribution in [0.25, 0.3) is 0 Å². The van der Waals surface area contributed by atoms with Gasteiger partial charge in [-0.3, -0.25) is 0 Å². The summed E-state index contributed by atoms with van der Waals surface area (Å²) < 4.78 is 12.2. The minimum Gasteiger partial charge on any atom is -0.496 e. The Morgan fingerprint density at radius 2 is 2.05 bits per heavy atom. The van der Waals surface area contributed by atoms with Gasteiger partial charge < -0.3 is 14.8 Å².